The van der Waals surface area contributed by atoms with Crippen molar-refractivity contribution in [3.63, 3.8) is 0 Å². The van der Waals surface area contributed by atoms with Gasteiger partial charge >= 0.3 is 5.69 Å². The highest BCUT2D eigenvalue weighted by molar-refractivity contribution is 7.89. The van der Waals surface area contributed by atoms with Crippen LogP contribution in [0.1, 0.15) is 5.56 Å². The van der Waals surface area contributed by atoms with E-state index in [0.717, 1.165) is 11.3 Å². The van der Waals surface area contributed by atoms with Gasteiger partial charge < -0.3 is 5.32 Å². The van der Waals surface area contributed by atoms with Crippen LogP contribution in [0.2, 0.25) is 0 Å². The van der Waals surface area contributed by atoms with Crippen molar-refractivity contribution in [3.8, 4) is 0 Å². The smallest absolute Gasteiger partial charge is 0.325 e. The number of nitrogens with one attached hydrogen (secondary N) is 1. The second-order valence-corrected chi connectivity index (χ2v) is 10.0. The van der Waals surface area contributed by atoms with Gasteiger partial charge in [0, 0.05) is 46.0 Å². The molecule has 1 saturated heterocycles. The monoisotopic (exact) mass is 457 g/mol. The van der Waals surface area contributed by atoms with Gasteiger partial charge in [0.05, 0.1) is 22.5 Å². The van der Waals surface area contributed by atoms with E-state index in [0.29, 0.717) is 37.2 Å². The molecule has 9 nitrogen and oxygen atoms in total. The quantitative estimate of drug-likeness (QED) is 0.620. The van der Waals surface area contributed by atoms with E-state index in [1.54, 1.807) is 32.3 Å². The Morgan fingerprint density at radius 2 is 1.62 bits per heavy atom. The maximum Gasteiger partial charge on any atom is 0.328 e. The first-order valence-electron chi connectivity index (χ1n) is 10.4. The number of rotatable bonds is 5. The Labute approximate surface area is 186 Å². The second kappa shape index (κ2) is 8.53. The molecule has 170 valence electrons. The maximum atomic E-state index is 13.2. The molecule has 2 aromatic carbocycles. The first-order chi connectivity index (χ1) is 15.2. The number of benzene rings is 2. The number of hydrogen-bond donors (Lipinski definition) is 1. The number of aryl methyl sites for hydroxylation is 3. The van der Waals surface area contributed by atoms with Gasteiger partial charge in [-0.15, -0.1) is 0 Å². The van der Waals surface area contributed by atoms with E-state index in [1.165, 1.54) is 13.4 Å². The van der Waals surface area contributed by atoms with Gasteiger partial charge in [-0.25, -0.2) is 13.2 Å². The Morgan fingerprint density at radius 3 is 2.31 bits per heavy atom. The molecule has 0 bridgehead atoms. The molecule has 10 heteroatoms. The first-order valence-corrected chi connectivity index (χ1v) is 11.9. The molecule has 1 aromatic heterocycles. The van der Waals surface area contributed by atoms with Gasteiger partial charge in [0.25, 0.3) is 0 Å². The lowest BCUT2D eigenvalue weighted by atomic mass is 10.2. The van der Waals surface area contributed by atoms with Crippen molar-refractivity contribution < 1.29 is 13.2 Å². The third-order valence-corrected chi connectivity index (χ3v) is 7.89. The fraction of sp³-hybridized carbons (Fsp3) is 0.364. The Bertz CT molecular complexity index is 1330. The number of carbonyl (C=O) groups excluding carboxylic acids is 1. The fourth-order valence-corrected chi connectivity index (χ4v) is 5.47. The summed E-state index contributed by atoms with van der Waals surface area (Å²) >= 11 is 0. The highest BCUT2D eigenvalue weighted by atomic mass is 32.2. The highest BCUT2D eigenvalue weighted by Crippen LogP contribution is 2.22. The van der Waals surface area contributed by atoms with E-state index in [2.05, 4.69) is 5.32 Å². The maximum absolute atomic E-state index is 13.2. The zero-order valence-electron chi connectivity index (χ0n) is 18.4. The Balaban J connectivity index is 1.42. The van der Waals surface area contributed by atoms with Crippen LogP contribution in [-0.2, 0) is 28.9 Å². The molecule has 2 heterocycles. The molecule has 0 spiro atoms. The van der Waals surface area contributed by atoms with E-state index in [1.807, 2.05) is 36.1 Å². The zero-order chi connectivity index (χ0) is 23.0. The number of hydrogen-bond acceptors (Lipinski definition) is 5. The number of sulfonamides is 1. The normalized spacial score (nSPS) is 15.8. The van der Waals surface area contributed by atoms with E-state index in [-0.39, 0.29) is 23.0 Å². The van der Waals surface area contributed by atoms with E-state index in [9.17, 15) is 18.0 Å². The van der Waals surface area contributed by atoms with Crippen LogP contribution < -0.4 is 11.0 Å². The molecular weight excluding hydrogens is 430 g/mol. The Kier molecular flexibility index (Phi) is 5.93. The van der Waals surface area contributed by atoms with Crippen LogP contribution in [-0.4, -0.2) is 65.4 Å². The summed E-state index contributed by atoms with van der Waals surface area (Å²) in [5.74, 6) is -0.119. The average Bonchev–Trinajstić information content (AvgIpc) is 2.99. The lowest BCUT2D eigenvalue weighted by molar-refractivity contribution is -0.117. The predicted molar refractivity (Wildman–Crippen MR) is 123 cm³/mol. The van der Waals surface area contributed by atoms with Gasteiger partial charge in [0.15, 0.2) is 0 Å². The summed E-state index contributed by atoms with van der Waals surface area (Å²) in [5, 5.41) is 2.91. The summed E-state index contributed by atoms with van der Waals surface area (Å²) in [6.07, 6.45) is 0. The molecule has 1 fully saturated rings. The molecule has 0 radical (unpaired) electrons. The fourth-order valence-electron chi connectivity index (χ4n) is 4.03. The number of para-hydroxylation sites is 1. The minimum atomic E-state index is -3.70. The van der Waals surface area contributed by atoms with Crippen LogP contribution in [0.4, 0.5) is 5.69 Å². The van der Waals surface area contributed by atoms with Gasteiger partial charge in [-0.2, -0.15) is 4.31 Å². The zero-order valence-corrected chi connectivity index (χ0v) is 19.2. The molecule has 1 N–H and O–H groups in total. The van der Waals surface area contributed by atoms with Crippen LogP contribution >= 0.6 is 0 Å². The van der Waals surface area contributed by atoms with Gasteiger partial charge in [0.1, 0.15) is 0 Å². The number of amides is 1. The third kappa shape index (κ3) is 4.08. The van der Waals surface area contributed by atoms with E-state index < -0.39 is 10.0 Å². The number of piperazine rings is 1. The molecule has 1 amide bonds. The molecule has 1 aliphatic heterocycles. The number of nitrogens with zero attached hydrogens (tertiary/aromatic N) is 4. The lowest BCUT2D eigenvalue weighted by Gasteiger charge is -2.33. The van der Waals surface area contributed by atoms with Crippen LogP contribution in [0.15, 0.2) is 52.2 Å². The first kappa shape index (κ1) is 22.3. The van der Waals surface area contributed by atoms with Gasteiger partial charge in [-0.1, -0.05) is 18.2 Å². The summed E-state index contributed by atoms with van der Waals surface area (Å²) in [5.41, 5.74) is 2.83. The minimum absolute atomic E-state index is 0.119. The summed E-state index contributed by atoms with van der Waals surface area (Å²) < 4.78 is 30.7. The number of anilines is 1. The van der Waals surface area contributed by atoms with E-state index >= 15 is 0 Å². The summed E-state index contributed by atoms with van der Waals surface area (Å²) in [7, 11) is -0.412. The van der Waals surface area contributed by atoms with Crippen molar-refractivity contribution >= 4 is 32.7 Å². The molecule has 4 rings (SSSR count). The second-order valence-electron chi connectivity index (χ2n) is 8.09. The topological polar surface area (TPSA) is 96.7 Å². The molecule has 1 aliphatic rings. The molecule has 0 atom stereocenters. The van der Waals surface area contributed by atoms with Crippen molar-refractivity contribution in [2.24, 2.45) is 14.1 Å². The van der Waals surface area contributed by atoms with Crippen molar-refractivity contribution in [3.05, 3.63) is 58.5 Å². The molecule has 0 saturated carbocycles. The van der Waals surface area contributed by atoms with Gasteiger partial charge in [-0.3, -0.25) is 18.8 Å². The summed E-state index contributed by atoms with van der Waals surface area (Å²) in [4.78, 5) is 26.7. The standard InChI is InChI=1S/C22H27N5O4S/c1-16-6-4-5-7-18(16)23-21(28)15-26-10-12-27(13-11-26)32(30,31)17-8-9-19-20(14-17)25(3)22(29)24(19)2/h4-9,14H,10-13,15H2,1-3H3,(H,23,28). The number of carbonyl (C=O) groups is 1. The highest BCUT2D eigenvalue weighted by Gasteiger charge is 2.29. The van der Waals surface area contributed by atoms with Crippen LogP contribution in [0.25, 0.3) is 11.0 Å². The summed E-state index contributed by atoms with van der Waals surface area (Å²) in [6.45, 7) is 3.67. The molecular formula is C22H27N5O4S. The number of imidazole rings is 1. The summed E-state index contributed by atoms with van der Waals surface area (Å²) in [6, 6.07) is 12.3. The van der Waals surface area contributed by atoms with Crippen molar-refractivity contribution in [2.45, 2.75) is 11.8 Å². The van der Waals surface area contributed by atoms with Gasteiger partial charge in [-0.05, 0) is 36.8 Å². The Hall–Kier alpha value is -2.95. The van der Waals surface area contributed by atoms with E-state index in [4.69, 9.17) is 0 Å². The van der Waals surface area contributed by atoms with Crippen LogP contribution in [0.3, 0.4) is 0 Å². The Morgan fingerprint density at radius 1 is 0.969 bits per heavy atom. The molecule has 32 heavy (non-hydrogen) atoms. The van der Waals surface area contributed by atoms with Crippen LogP contribution in [0.5, 0.6) is 0 Å². The lowest BCUT2D eigenvalue weighted by Crippen LogP contribution is -2.50. The van der Waals surface area contributed by atoms with Crippen molar-refractivity contribution in [1.82, 2.24) is 18.3 Å². The molecule has 0 aliphatic carbocycles. The molecule has 3 aromatic rings. The number of aromatic nitrogens is 2. The largest absolute Gasteiger partial charge is 0.328 e. The average molecular weight is 458 g/mol. The predicted octanol–water partition coefficient (Wildman–Crippen LogP) is 1.13. The molecule has 0 unspecified atom stereocenters. The van der Waals surface area contributed by atoms with Crippen molar-refractivity contribution in [2.75, 3.05) is 38.0 Å². The van der Waals surface area contributed by atoms with Crippen LogP contribution in [0, 0.1) is 6.92 Å². The van der Waals surface area contributed by atoms with Crippen molar-refractivity contribution in [1.29, 1.82) is 0 Å². The minimum Gasteiger partial charge on any atom is -0.325 e. The SMILES string of the molecule is Cc1ccccc1NC(=O)CN1CCN(S(=O)(=O)c2ccc3c(c2)n(C)c(=O)n3C)CC1. The third-order valence-electron chi connectivity index (χ3n) is 6.00. The number of fused-ring (bicyclic) bond motifs is 1. The van der Waals surface area contributed by atoms with Gasteiger partial charge in [0.2, 0.25) is 15.9 Å².